The molecule has 0 saturated carbocycles. The minimum atomic E-state index is -0.837. The lowest BCUT2D eigenvalue weighted by atomic mass is 9.92. The van der Waals surface area contributed by atoms with E-state index in [1.165, 1.54) is 42.1 Å². The highest BCUT2D eigenvalue weighted by molar-refractivity contribution is 6.22. The van der Waals surface area contributed by atoms with Crippen molar-refractivity contribution in [1.82, 2.24) is 24.9 Å². The Kier molecular flexibility index (Phi) is 13.0. The van der Waals surface area contributed by atoms with Gasteiger partial charge in [0.05, 0.1) is 23.3 Å². The Hall–Kier alpha value is -5.17. The van der Waals surface area contributed by atoms with Crippen molar-refractivity contribution in [3.63, 3.8) is 0 Å². The van der Waals surface area contributed by atoms with Crippen molar-refractivity contribution in [2.24, 2.45) is 13.0 Å². The maximum absolute atomic E-state index is 13.2. The third kappa shape index (κ3) is 8.77. The number of hydrogen-bond acceptors (Lipinski definition) is 10. The summed E-state index contributed by atoms with van der Waals surface area (Å²) in [4.78, 5) is 54.7. The van der Waals surface area contributed by atoms with Crippen LogP contribution in [0.1, 0.15) is 84.9 Å². The van der Waals surface area contributed by atoms with Crippen molar-refractivity contribution in [1.29, 1.82) is 0 Å². The van der Waals surface area contributed by atoms with Crippen LogP contribution in [0.2, 0.25) is 0 Å². The number of aryl methyl sites for hydroxylation is 1. The maximum Gasteiger partial charge on any atom is 0.263 e. The van der Waals surface area contributed by atoms with E-state index in [-0.39, 0.29) is 18.7 Å². The summed E-state index contributed by atoms with van der Waals surface area (Å²) >= 11 is 0. The van der Waals surface area contributed by atoms with Gasteiger partial charge in [-0.3, -0.25) is 19.4 Å². The number of carbonyl (C=O) groups is 3. The molecule has 12 heteroatoms. The summed E-state index contributed by atoms with van der Waals surface area (Å²) in [5.74, 6) is 0.515. The van der Waals surface area contributed by atoms with Gasteiger partial charge < -0.3 is 23.7 Å². The molecule has 0 spiro atoms. The molecular weight excluding hydrogens is 709 g/mol. The minimum absolute atomic E-state index is 0.188. The van der Waals surface area contributed by atoms with E-state index in [4.69, 9.17) is 14.3 Å². The summed E-state index contributed by atoms with van der Waals surface area (Å²) < 4.78 is 14.0. The average Bonchev–Trinajstić information content (AvgIpc) is 3.63. The number of ether oxygens (including phenoxy) is 2. The number of amides is 2. The largest absolute Gasteiger partial charge is 0.478 e. The quantitative estimate of drug-likeness (QED) is 0.0328. The summed E-state index contributed by atoms with van der Waals surface area (Å²) in [7, 11) is 3.65. The van der Waals surface area contributed by atoms with Crippen molar-refractivity contribution in [2.75, 3.05) is 44.9 Å². The number of pyridine rings is 2. The second-order valence-corrected chi connectivity index (χ2v) is 14.8. The highest BCUT2D eigenvalue weighted by Gasteiger charge is 2.41. The van der Waals surface area contributed by atoms with E-state index in [0.717, 1.165) is 85.4 Å². The Balaban J connectivity index is 0.708. The number of benzene rings is 2. The number of rotatable bonds is 22. The zero-order valence-electron chi connectivity index (χ0n) is 32.5. The molecule has 1 saturated heterocycles. The molecule has 2 aliphatic heterocycles. The van der Waals surface area contributed by atoms with E-state index in [2.05, 4.69) is 62.3 Å². The predicted molar refractivity (Wildman–Crippen MR) is 217 cm³/mol. The van der Waals surface area contributed by atoms with Crippen LogP contribution in [0.15, 0.2) is 73.2 Å². The summed E-state index contributed by atoms with van der Waals surface area (Å²) in [6, 6.07) is 18.1. The fourth-order valence-corrected chi connectivity index (χ4v) is 7.88. The third-order valence-electron chi connectivity index (χ3n) is 11.0. The molecule has 294 valence electrons. The maximum atomic E-state index is 13.2. The normalized spacial score (nSPS) is 14.8. The Morgan fingerprint density at radius 3 is 2.38 bits per heavy atom. The zero-order valence-corrected chi connectivity index (χ0v) is 32.5. The highest BCUT2D eigenvalue weighted by Crippen LogP contribution is 2.34. The van der Waals surface area contributed by atoms with Crippen LogP contribution in [0, 0.1) is 5.92 Å². The molecular formula is C44H52N6O6. The first-order valence-electron chi connectivity index (χ1n) is 20.0. The molecule has 2 amide bonds. The fourth-order valence-electron chi connectivity index (χ4n) is 7.88. The number of anilines is 1. The lowest BCUT2D eigenvalue weighted by Crippen LogP contribution is -2.46. The van der Waals surface area contributed by atoms with Crippen molar-refractivity contribution in [3.8, 4) is 17.0 Å². The van der Waals surface area contributed by atoms with Crippen molar-refractivity contribution >= 4 is 45.6 Å². The van der Waals surface area contributed by atoms with E-state index in [1.54, 1.807) is 13.1 Å². The number of nitrogens with one attached hydrogen (secondary N) is 1. The summed E-state index contributed by atoms with van der Waals surface area (Å²) in [6.45, 7) is 4.15. The van der Waals surface area contributed by atoms with Gasteiger partial charge in [-0.2, -0.15) is 0 Å². The molecule has 7 rings (SSSR count). The van der Waals surface area contributed by atoms with Gasteiger partial charge in [-0.15, -0.1) is 0 Å². The Morgan fingerprint density at radius 1 is 0.821 bits per heavy atom. The predicted octanol–water partition coefficient (Wildman–Crippen LogP) is 7.49. The van der Waals surface area contributed by atoms with Gasteiger partial charge in [0.2, 0.25) is 5.88 Å². The van der Waals surface area contributed by atoms with Gasteiger partial charge in [-0.25, -0.2) is 15.4 Å². The molecule has 12 nitrogen and oxygen atoms in total. The summed E-state index contributed by atoms with van der Waals surface area (Å²) in [5, 5.41) is 2.37. The number of unbranched alkanes of at least 4 members (excludes halogenated alkanes) is 5. The number of nitrogens with zero attached hydrogens (tertiary/aromatic N) is 5. The van der Waals surface area contributed by atoms with Gasteiger partial charge in [0.25, 0.3) is 11.8 Å². The molecule has 5 aromatic rings. The van der Waals surface area contributed by atoms with Crippen molar-refractivity contribution in [2.45, 2.75) is 70.4 Å². The number of fused-ring (bicyclic) bond motifs is 4. The SMILES string of the molecule is CNOC(CCC=O)N1C(=O)c2ccc(N3CC(CCCCCCOCCCCCOc4ccc(-c5ccc6c7cnccc7n(C)c6c5)cn4)C3)cc2C1=O. The standard InChI is InChI=1S/C44H52N6O6/c1-45-56-42(12-10-21-51)50-43(52)36-17-15-34(26-37(36)44(50)53)49-29-31(30-49)11-6-3-4-7-22-54-23-8-5-9-24-55-41-18-14-33(27-47-41)32-13-16-35-38-28-46-20-19-39(38)48(2)40(35)25-32/h13-21,25-28,31,42,45H,3-12,22-24,29-30H2,1-2H3. The molecule has 2 aliphatic rings. The molecule has 1 N–H and O–H groups in total. The first-order chi connectivity index (χ1) is 27.5. The van der Waals surface area contributed by atoms with Gasteiger partial charge in [-0.1, -0.05) is 31.4 Å². The van der Waals surface area contributed by atoms with Crippen LogP contribution in [0.4, 0.5) is 5.69 Å². The molecule has 56 heavy (non-hydrogen) atoms. The van der Waals surface area contributed by atoms with Gasteiger partial charge in [0.1, 0.15) is 6.29 Å². The van der Waals surface area contributed by atoms with Crippen molar-refractivity contribution < 1.29 is 28.7 Å². The zero-order chi connectivity index (χ0) is 38.9. The molecule has 1 atom stereocenters. The topological polar surface area (TPSA) is 128 Å². The molecule has 3 aromatic heterocycles. The summed E-state index contributed by atoms with van der Waals surface area (Å²) in [5.41, 5.74) is 8.81. The number of hydroxylamine groups is 1. The van der Waals surface area contributed by atoms with Crippen LogP contribution in [0.3, 0.4) is 0 Å². The Bertz CT molecular complexity index is 2130. The van der Waals surface area contributed by atoms with E-state index in [1.807, 2.05) is 36.8 Å². The van der Waals surface area contributed by atoms with Gasteiger partial charge in [0, 0.05) is 105 Å². The monoisotopic (exact) mass is 760 g/mol. The molecule has 1 fully saturated rings. The van der Waals surface area contributed by atoms with E-state index >= 15 is 0 Å². The van der Waals surface area contributed by atoms with E-state index in [9.17, 15) is 14.4 Å². The second kappa shape index (κ2) is 18.6. The number of hydrogen-bond donors (Lipinski definition) is 1. The number of aldehydes is 1. The van der Waals surface area contributed by atoms with E-state index < -0.39 is 12.1 Å². The van der Waals surface area contributed by atoms with Crippen LogP contribution in [0.5, 0.6) is 5.88 Å². The summed E-state index contributed by atoms with van der Waals surface area (Å²) in [6.07, 6.45) is 14.9. The lowest BCUT2D eigenvalue weighted by Gasteiger charge is -2.41. The molecule has 1 unspecified atom stereocenters. The number of imide groups is 1. The number of carbonyl (C=O) groups excluding carboxylic acids is 3. The molecule has 2 aromatic carbocycles. The van der Waals surface area contributed by atoms with Gasteiger partial charge in [-0.05, 0) is 80.0 Å². The highest BCUT2D eigenvalue weighted by atomic mass is 16.7. The molecule has 0 bridgehead atoms. The smallest absolute Gasteiger partial charge is 0.263 e. The Morgan fingerprint density at radius 2 is 1.59 bits per heavy atom. The third-order valence-corrected chi connectivity index (χ3v) is 11.0. The first kappa shape index (κ1) is 39.1. The van der Waals surface area contributed by atoms with Crippen LogP contribution in [-0.4, -0.2) is 83.7 Å². The Labute approximate surface area is 328 Å². The fraction of sp³-hybridized carbons (Fsp3) is 0.432. The minimum Gasteiger partial charge on any atom is -0.478 e. The van der Waals surface area contributed by atoms with Crippen LogP contribution in [-0.2, 0) is 21.4 Å². The van der Waals surface area contributed by atoms with Crippen LogP contribution < -0.4 is 15.1 Å². The molecule has 5 heterocycles. The lowest BCUT2D eigenvalue weighted by molar-refractivity contribution is -0.111. The van der Waals surface area contributed by atoms with Gasteiger partial charge in [0.15, 0.2) is 6.23 Å². The first-order valence-corrected chi connectivity index (χ1v) is 20.0. The van der Waals surface area contributed by atoms with Crippen LogP contribution >= 0.6 is 0 Å². The molecule has 0 aliphatic carbocycles. The van der Waals surface area contributed by atoms with Crippen LogP contribution in [0.25, 0.3) is 32.9 Å². The number of aromatic nitrogens is 3. The van der Waals surface area contributed by atoms with Crippen molar-refractivity contribution in [3.05, 3.63) is 84.3 Å². The average molecular weight is 761 g/mol. The van der Waals surface area contributed by atoms with E-state index in [0.29, 0.717) is 29.5 Å². The second-order valence-electron chi connectivity index (χ2n) is 14.8. The molecule has 0 radical (unpaired) electrons. The van der Waals surface area contributed by atoms with Gasteiger partial charge >= 0.3 is 0 Å².